The molecule has 9 nitrogen and oxygen atoms in total. The van der Waals surface area contributed by atoms with Gasteiger partial charge in [0.2, 0.25) is 5.91 Å². The Labute approximate surface area is 195 Å². The van der Waals surface area contributed by atoms with Crippen LogP contribution in [0.4, 0.5) is 4.79 Å². The van der Waals surface area contributed by atoms with Crippen molar-refractivity contribution in [2.45, 2.75) is 84.7 Å². The number of hydrogen-bond acceptors (Lipinski definition) is 7. The standard InChI is InChI=1S/C24H36N2O7/c1-23(2,3)32-20(28)14-15-25-19(27)13-12-18(21(29)33-24(4,5)6)26-22(30)31-16-17-10-8-7-9-11-17/h7-11,18H,12-16H2,1-6H3,(H,25,27)(H,26,30)/t18-/m0/s1. The average Bonchev–Trinajstić information content (AvgIpc) is 2.67. The molecule has 0 saturated carbocycles. The van der Waals surface area contributed by atoms with E-state index in [0.717, 1.165) is 5.56 Å². The zero-order valence-electron chi connectivity index (χ0n) is 20.4. The molecule has 0 radical (unpaired) electrons. The first kappa shape index (κ1) is 27.9. The lowest BCUT2D eigenvalue weighted by atomic mass is 10.1. The van der Waals surface area contributed by atoms with Crippen LogP contribution in [-0.4, -0.2) is 47.7 Å². The summed E-state index contributed by atoms with van der Waals surface area (Å²) in [6.07, 6.45) is -0.812. The molecule has 1 rings (SSSR count). The summed E-state index contributed by atoms with van der Waals surface area (Å²) in [5.41, 5.74) is -0.561. The molecule has 0 heterocycles. The number of ether oxygens (including phenoxy) is 3. The van der Waals surface area contributed by atoms with Gasteiger partial charge in [0.25, 0.3) is 0 Å². The number of amides is 2. The minimum absolute atomic E-state index is 0.00756. The van der Waals surface area contributed by atoms with Gasteiger partial charge in [-0.3, -0.25) is 9.59 Å². The maximum absolute atomic E-state index is 12.5. The van der Waals surface area contributed by atoms with Crippen LogP contribution in [0.2, 0.25) is 0 Å². The Morgan fingerprint density at radius 3 is 2.06 bits per heavy atom. The van der Waals surface area contributed by atoms with Gasteiger partial charge in [-0.1, -0.05) is 30.3 Å². The molecule has 33 heavy (non-hydrogen) atoms. The molecular formula is C24H36N2O7. The highest BCUT2D eigenvalue weighted by Crippen LogP contribution is 2.12. The zero-order chi connectivity index (χ0) is 25.1. The first-order valence-corrected chi connectivity index (χ1v) is 10.9. The van der Waals surface area contributed by atoms with Crippen molar-refractivity contribution in [2.24, 2.45) is 0 Å². The van der Waals surface area contributed by atoms with Crippen LogP contribution in [0.3, 0.4) is 0 Å². The van der Waals surface area contributed by atoms with Gasteiger partial charge in [0, 0.05) is 13.0 Å². The Hall–Kier alpha value is -3.10. The number of carbonyl (C=O) groups is 4. The Bertz CT molecular complexity index is 795. The molecule has 9 heteroatoms. The third-order valence-corrected chi connectivity index (χ3v) is 3.93. The topological polar surface area (TPSA) is 120 Å². The lowest BCUT2D eigenvalue weighted by Gasteiger charge is -2.24. The quantitative estimate of drug-likeness (QED) is 0.403. The number of nitrogens with one attached hydrogen (secondary N) is 2. The highest BCUT2D eigenvalue weighted by molar-refractivity contribution is 5.83. The van der Waals surface area contributed by atoms with Gasteiger partial charge in [-0.25, -0.2) is 9.59 Å². The average molecular weight is 465 g/mol. The maximum Gasteiger partial charge on any atom is 0.408 e. The van der Waals surface area contributed by atoms with Gasteiger partial charge >= 0.3 is 18.0 Å². The minimum Gasteiger partial charge on any atom is -0.460 e. The second kappa shape index (κ2) is 12.8. The summed E-state index contributed by atoms with van der Waals surface area (Å²) in [4.78, 5) is 48.6. The highest BCUT2D eigenvalue weighted by Gasteiger charge is 2.28. The van der Waals surface area contributed by atoms with Crippen molar-refractivity contribution in [3.63, 3.8) is 0 Å². The van der Waals surface area contributed by atoms with Gasteiger partial charge in [0.05, 0.1) is 6.42 Å². The van der Waals surface area contributed by atoms with E-state index in [2.05, 4.69) is 10.6 Å². The van der Waals surface area contributed by atoms with E-state index in [9.17, 15) is 19.2 Å². The Morgan fingerprint density at radius 1 is 0.879 bits per heavy atom. The number of esters is 2. The molecule has 1 aromatic rings. The first-order chi connectivity index (χ1) is 15.2. The van der Waals surface area contributed by atoms with E-state index in [-0.39, 0.29) is 38.3 Å². The van der Waals surface area contributed by atoms with Crippen LogP contribution in [-0.2, 0) is 35.2 Å². The Balaban J connectivity index is 2.56. The molecule has 0 aliphatic rings. The summed E-state index contributed by atoms with van der Waals surface area (Å²) in [6, 6.07) is 8.04. The molecule has 0 aliphatic carbocycles. The number of carbonyl (C=O) groups excluding carboxylic acids is 4. The van der Waals surface area contributed by atoms with Crippen molar-refractivity contribution in [3.8, 4) is 0 Å². The SMILES string of the molecule is CC(C)(C)OC(=O)CCNC(=O)CC[C@H](NC(=O)OCc1ccccc1)C(=O)OC(C)(C)C. The molecule has 1 atom stereocenters. The van der Waals surface area contributed by atoms with Crippen molar-refractivity contribution < 1.29 is 33.4 Å². The first-order valence-electron chi connectivity index (χ1n) is 10.9. The van der Waals surface area contributed by atoms with Gasteiger partial charge < -0.3 is 24.8 Å². The fraction of sp³-hybridized carbons (Fsp3) is 0.583. The highest BCUT2D eigenvalue weighted by atomic mass is 16.6. The van der Waals surface area contributed by atoms with Crippen LogP contribution >= 0.6 is 0 Å². The van der Waals surface area contributed by atoms with Crippen LogP contribution in [0.5, 0.6) is 0 Å². The van der Waals surface area contributed by atoms with E-state index in [1.165, 1.54) is 0 Å². The normalized spacial score (nSPS) is 12.3. The number of rotatable bonds is 10. The molecule has 0 saturated heterocycles. The van der Waals surface area contributed by atoms with Crippen LogP contribution in [0.25, 0.3) is 0 Å². The predicted octanol–water partition coefficient (Wildman–Crippen LogP) is 3.25. The molecule has 0 aromatic heterocycles. The van der Waals surface area contributed by atoms with Crippen molar-refractivity contribution in [1.82, 2.24) is 10.6 Å². The van der Waals surface area contributed by atoms with Gasteiger partial charge in [0.15, 0.2) is 0 Å². The fourth-order valence-electron chi connectivity index (χ4n) is 2.59. The van der Waals surface area contributed by atoms with E-state index in [4.69, 9.17) is 14.2 Å². The predicted molar refractivity (Wildman–Crippen MR) is 122 cm³/mol. The van der Waals surface area contributed by atoms with E-state index >= 15 is 0 Å². The smallest absolute Gasteiger partial charge is 0.408 e. The molecule has 0 spiro atoms. The molecule has 0 fully saturated rings. The minimum atomic E-state index is -1.07. The van der Waals surface area contributed by atoms with E-state index < -0.39 is 35.3 Å². The molecular weight excluding hydrogens is 428 g/mol. The largest absolute Gasteiger partial charge is 0.460 e. The monoisotopic (exact) mass is 464 g/mol. The van der Waals surface area contributed by atoms with Crippen molar-refractivity contribution in [3.05, 3.63) is 35.9 Å². The van der Waals surface area contributed by atoms with E-state index in [0.29, 0.717) is 0 Å². The van der Waals surface area contributed by atoms with E-state index in [1.807, 2.05) is 18.2 Å². The Morgan fingerprint density at radius 2 is 1.48 bits per heavy atom. The van der Waals surface area contributed by atoms with E-state index in [1.54, 1.807) is 53.7 Å². The second-order valence-corrected chi connectivity index (χ2v) is 9.52. The third kappa shape index (κ3) is 13.8. The summed E-state index contributed by atoms with van der Waals surface area (Å²) in [6.45, 7) is 10.6. The van der Waals surface area contributed by atoms with Crippen LogP contribution in [0.15, 0.2) is 30.3 Å². The van der Waals surface area contributed by atoms with Crippen LogP contribution in [0.1, 0.15) is 66.4 Å². The Kier molecular flexibility index (Phi) is 10.8. The molecule has 0 aliphatic heterocycles. The summed E-state index contributed by atoms with van der Waals surface area (Å²) >= 11 is 0. The van der Waals surface area contributed by atoms with Crippen molar-refractivity contribution in [1.29, 1.82) is 0 Å². The molecule has 0 bridgehead atoms. The van der Waals surface area contributed by atoms with Crippen molar-refractivity contribution >= 4 is 23.9 Å². The molecule has 2 N–H and O–H groups in total. The molecule has 0 unspecified atom stereocenters. The van der Waals surface area contributed by atoms with Gasteiger partial charge in [-0.2, -0.15) is 0 Å². The lowest BCUT2D eigenvalue weighted by molar-refractivity contribution is -0.157. The molecule has 1 aromatic carbocycles. The fourth-order valence-corrected chi connectivity index (χ4v) is 2.59. The second-order valence-electron chi connectivity index (χ2n) is 9.52. The van der Waals surface area contributed by atoms with Gasteiger partial charge in [-0.05, 0) is 53.5 Å². The molecule has 184 valence electrons. The number of benzene rings is 1. The van der Waals surface area contributed by atoms with Gasteiger partial charge in [0.1, 0.15) is 23.9 Å². The van der Waals surface area contributed by atoms with Crippen molar-refractivity contribution in [2.75, 3.05) is 6.54 Å². The lowest BCUT2D eigenvalue weighted by Crippen LogP contribution is -2.45. The zero-order valence-corrected chi connectivity index (χ0v) is 20.4. The van der Waals surface area contributed by atoms with Gasteiger partial charge in [-0.15, -0.1) is 0 Å². The number of hydrogen-bond donors (Lipinski definition) is 2. The number of alkyl carbamates (subject to hydrolysis) is 1. The summed E-state index contributed by atoms with van der Waals surface area (Å²) in [5.74, 6) is -1.45. The maximum atomic E-state index is 12.5. The summed E-state index contributed by atoms with van der Waals surface area (Å²) in [7, 11) is 0. The molecule has 2 amide bonds. The van der Waals surface area contributed by atoms with Crippen LogP contribution in [0, 0.1) is 0 Å². The third-order valence-electron chi connectivity index (χ3n) is 3.93. The van der Waals surface area contributed by atoms with Crippen LogP contribution < -0.4 is 10.6 Å². The summed E-state index contributed by atoms with van der Waals surface area (Å²) < 4.78 is 15.7. The summed E-state index contributed by atoms with van der Waals surface area (Å²) in [5, 5.41) is 5.08.